The van der Waals surface area contributed by atoms with E-state index in [4.69, 9.17) is 0 Å². The summed E-state index contributed by atoms with van der Waals surface area (Å²) in [4.78, 5) is 0. The predicted molar refractivity (Wildman–Crippen MR) is 62.3 cm³/mol. The van der Waals surface area contributed by atoms with E-state index in [0.717, 1.165) is 22.4 Å². The van der Waals surface area contributed by atoms with Gasteiger partial charge in [-0.2, -0.15) is 17.5 Å². The lowest BCUT2D eigenvalue weighted by Gasteiger charge is -2.00. The zero-order chi connectivity index (χ0) is 12.8. The largest absolute Gasteiger partial charge is 0.459 e. The first-order valence-corrected chi connectivity index (χ1v) is 5.82. The SMILES string of the molecule is FC(F)(F)c1cc(-c2cccc3sncc23)co1. The Balaban J connectivity index is 2.15. The number of fused-ring (bicyclic) bond motifs is 1. The Hall–Kier alpha value is -1.82. The van der Waals surface area contributed by atoms with Gasteiger partial charge in [0, 0.05) is 17.1 Å². The van der Waals surface area contributed by atoms with Crippen molar-refractivity contribution in [1.82, 2.24) is 4.37 Å². The summed E-state index contributed by atoms with van der Waals surface area (Å²) in [5, 5.41) is 0.831. The van der Waals surface area contributed by atoms with Crippen molar-refractivity contribution in [3.63, 3.8) is 0 Å². The van der Waals surface area contributed by atoms with Gasteiger partial charge >= 0.3 is 6.18 Å². The number of hydrogen-bond donors (Lipinski definition) is 0. The van der Waals surface area contributed by atoms with Gasteiger partial charge in [0.25, 0.3) is 0 Å². The summed E-state index contributed by atoms with van der Waals surface area (Å²) < 4.78 is 46.9. The van der Waals surface area contributed by atoms with Gasteiger partial charge in [0.15, 0.2) is 0 Å². The maximum atomic E-state index is 12.5. The fraction of sp³-hybridized carbons (Fsp3) is 0.0833. The van der Waals surface area contributed by atoms with Crippen LogP contribution in [0.3, 0.4) is 0 Å². The minimum atomic E-state index is -4.46. The lowest BCUT2D eigenvalue weighted by Crippen LogP contribution is -2.01. The Morgan fingerprint density at radius 3 is 2.78 bits per heavy atom. The van der Waals surface area contributed by atoms with Gasteiger partial charge in [0.1, 0.15) is 0 Å². The molecule has 0 N–H and O–H groups in total. The van der Waals surface area contributed by atoms with Crippen molar-refractivity contribution in [3.05, 3.63) is 42.5 Å². The highest BCUT2D eigenvalue weighted by atomic mass is 32.1. The number of hydrogen-bond acceptors (Lipinski definition) is 3. The molecule has 0 radical (unpaired) electrons. The Morgan fingerprint density at radius 1 is 1.22 bits per heavy atom. The Labute approximate surface area is 104 Å². The van der Waals surface area contributed by atoms with Crippen molar-refractivity contribution >= 4 is 21.6 Å². The van der Waals surface area contributed by atoms with Crippen molar-refractivity contribution in [3.8, 4) is 11.1 Å². The molecular weight excluding hydrogens is 263 g/mol. The van der Waals surface area contributed by atoms with Crippen LogP contribution in [0.2, 0.25) is 0 Å². The van der Waals surface area contributed by atoms with Crippen molar-refractivity contribution in [2.24, 2.45) is 0 Å². The molecule has 0 bridgehead atoms. The highest BCUT2D eigenvalue weighted by molar-refractivity contribution is 7.13. The van der Waals surface area contributed by atoms with Crippen LogP contribution in [0.4, 0.5) is 13.2 Å². The molecule has 0 saturated carbocycles. The van der Waals surface area contributed by atoms with Crippen LogP contribution in [0.15, 0.2) is 41.1 Å². The van der Waals surface area contributed by atoms with Crippen molar-refractivity contribution in [1.29, 1.82) is 0 Å². The van der Waals surface area contributed by atoms with Crippen molar-refractivity contribution in [2.45, 2.75) is 6.18 Å². The van der Waals surface area contributed by atoms with Crippen LogP contribution >= 0.6 is 11.5 Å². The van der Waals surface area contributed by atoms with Crippen molar-refractivity contribution in [2.75, 3.05) is 0 Å². The van der Waals surface area contributed by atoms with Crippen molar-refractivity contribution < 1.29 is 17.6 Å². The van der Waals surface area contributed by atoms with Crippen LogP contribution in [0.25, 0.3) is 21.2 Å². The minimum absolute atomic E-state index is 0.410. The molecule has 2 aromatic heterocycles. The number of benzene rings is 1. The van der Waals surface area contributed by atoms with Gasteiger partial charge in [-0.15, -0.1) is 0 Å². The highest BCUT2D eigenvalue weighted by Crippen LogP contribution is 2.36. The van der Waals surface area contributed by atoms with Gasteiger partial charge in [0.2, 0.25) is 5.76 Å². The Morgan fingerprint density at radius 2 is 2.06 bits per heavy atom. The average molecular weight is 269 g/mol. The maximum absolute atomic E-state index is 12.5. The summed E-state index contributed by atoms with van der Waals surface area (Å²) in [6.45, 7) is 0. The fourth-order valence-electron chi connectivity index (χ4n) is 1.77. The number of aromatic nitrogens is 1. The number of alkyl halides is 3. The molecule has 2 heterocycles. The molecule has 3 rings (SSSR count). The Bertz CT molecular complexity index is 698. The molecule has 0 atom stereocenters. The summed E-state index contributed by atoms with van der Waals surface area (Å²) >= 11 is 1.31. The molecule has 0 aliphatic heterocycles. The molecule has 92 valence electrons. The third kappa shape index (κ3) is 1.78. The monoisotopic (exact) mass is 269 g/mol. The van der Waals surface area contributed by atoms with E-state index in [-0.39, 0.29) is 0 Å². The fourth-order valence-corrected chi connectivity index (χ4v) is 2.44. The summed E-state index contributed by atoms with van der Waals surface area (Å²) in [5.74, 6) is -0.988. The molecule has 0 aliphatic rings. The van der Waals surface area contributed by atoms with Crippen LogP contribution in [-0.4, -0.2) is 4.37 Å². The second-order valence-electron chi connectivity index (χ2n) is 3.74. The van der Waals surface area contributed by atoms with Gasteiger partial charge < -0.3 is 4.42 Å². The van der Waals surface area contributed by atoms with E-state index in [1.807, 2.05) is 6.07 Å². The van der Waals surface area contributed by atoms with Crippen LogP contribution in [0.1, 0.15) is 5.76 Å². The number of nitrogens with zero attached hydrogens (tertiary/aromatic N) is 1. The van der Waals surface area contributed by atoms with E-state index in [1.54, 1.807) is 18.3 Å². The summed E-state index contributed by atoms with van der Waals surface area (Å²) in [6.07, 6.45) is -1.69. The van der Waals surface area contributed by atoms with Gasteiger partial charge in [0.05, 0.1) is 11.0 Å². The quantitative estimate of drug-likeness (QED) is 0.646. The van der Waals surface area contributed by atoms with Gasteiger partial charge in [-0.25, -0.2) is 0 Å². The van der Waals surface area contributed by atoms with E-state index >= 15 is 0 Å². The van der Waals surface area contributed by atoms with E-state index in [2.05, 4.69) is 8.79 Å². The summed E-state index contributed by atoms with van der Waals surface area (Å²) in [6, 6.07) is 6.42. The van der Waals surface area contributed by atoms with Crippen LogP contribution in [0.5, 0.6) is 0 Å². The Kier molecular flexibility index (Phi) is 2.41. The number of furan rings is 1. The molecule has 0 spiro atoms. The van der Waals surface area contributed by atoms with Crippen LogP contribution in [0, 0.1) is 0 Å². The first-order valence-electron chi connectivity index (χ1n) is 5.05. The lowest BCUT2D eigenvalue weighted by atomic mass is 10.1. The topological polar surface area (TPSA) is 26.0 Å². The molecule has 0 fully saturated rings. The van der Waals surface area contributed by atoms with E-state index in [0.29, 0.717) is 11.1 Å². The highest BCUT2D eigenvalue weighted by Gasteiger charge is 2.35. The first-order chi connectivity index (χ1) is 8.55. The number of rotatable bonds is 1. The zero-order valence-electron chi connectivity index (χ0n) is 8.86. The molecular formula is C12H6F3NOS. The number of halogens is 3. The van der Waals surface area contributed by atoms with Gasteiger partial charge in [-0.05, 0) is 29.2 Å². The molecule has 2 nitrogen and oxygen atoms in total. The third-order valence-electron chi connectivity index (χ3n) is 2.59. The van der Waals surface area contributed by atoms with E-state index in [9.17, 15) is 13.2 Å². The third-order valence-corrected chi connectivity index (χ3v) is 3.35. The molecule has 0 aliphatic carbocycles. The molecule has 6 heteroatoms. The minimum Gasteiger partial charge on any atom is -0.459 e. The van der Waals surface area contributed by atoms with Gasteiger partial charge in [-0.1, -0.05) is 12.1 Å². The molecule has 0 saturated heterocycles. The molecule has 18 heavy (non-hydrogen) atoms. The normalized spacial score (nSPS) is 12.2. The second-order valence-corrected chi connectivity index (χ2v) is 4.57. The molecule has 0 unspecified atom stereocenters. The molecule has 0 amide bonds. The average Bonchev–Trinajstić information content (AvgIpc) is 2.96. The maximum Gasteiger partial charge on any atom is 0.449 e. The standard InChI is InChI=1S/C12H6F3NOS/c13-12(14,15)11-4-7(6-17-11)8-2-1-3-10-9(8)5-16-18-10/h1-6H. The predicted octanol–water partition coefficient (Wildman–Crippen LogP) is 4.58. The van der Waals surface area contributed by atoms with Crippen LogP contribution < -0.4 is 0 Å². The first kappa shape index (κ1) is 11.3. The molecule has 1 aromatic carbocycles. The smallest absolute Gasteiger partial charge is 0.449 e. The zero-order valence-corrected chi connectivity index (χ0v) is 9.68. The summed E-state index contributed by atoms with van der Waals surface area (Å²) in [7, 11) is 0. The second kappa shape index (κ2) is 3.84. The van der Waals surface area contributed by atoms with E-state index < -0.39 is 11.9 Å². The van der Waals surface area contributed by atoms with E-state index in [1.165, 1.54) is 11.5 Å². The lowest BCUT2D eigenvalue weighted by molar-refractivity contribution is -0.153. The van der Waals surface area contributed by atoms with Gasteiger partial charge in [-0.3, -0.25) is 0 Å². The van der Waals surface area contributed by atoms with Crippen LogP contribution in [-0.2, 0) is 6.18 Å². The summed E-state index contributed by atoms with van der Waals surface area (Å²) in [5.41, 5.74) is 1.11. The molecule has 3 aromatic rings.